The van der Waals surface area contributed by atoms with E-state index in [1.807, 2.05) is 5.38 Å². The molecule has 0 aliphatic carbocycles. The molecule has 17 heteroatoms. The van der Waals surface area contributed by atoms with Crippen LogP contribution in [-0.4, -0.2) is 67.3 Å². The van der Waals surface area contributed by atoms with E-state index in [9.17, 15) is 28.8 Å². The first-order valence-electron chi connectivity index (χ1n) is 12.5. The number of hydrogen-bond donors (Lipinski definition) is 5. The number of nitrogen functional groups attached to an aromatic ring is 1. The standard InChI is InChI=1S/C25H28ClFN5O9P/c1-13(2)39-22(35)14(3)31-42(37,41-15-7-5-4-6-8-15)38-12-17-19(33)25(36,9-10-26)23(40-17)32-11-16(27)18-20(32)29-24(28)30-21(18)34/h4-8,11,13-14,17,19,23,33,36H,12H2,1-3H3,(H,31,37)(H3,28,29,30,34)/t14-,17+,19-,23+,25?,42?/m0/s1. The molecule has 1 fully saturated rings. The topological polar surface area (TPSA) is 200 Å². The van der Waals surface area contributed by atoms with Crippen molar-refractivity contribution in [3.05, 3.63) is 52.7 Å². The number of carbonyl (C=O) groups is 1. The summed E-state index contributed by atoms with van der Waals surface area (Å²) in [7, 11) is -4.40. The van der Waals surface area contributed by atoms with Crippen LogP contribution in [0.5, 0.6) is 5.75 Å². The molecular formula is C25H28ClFN5O9P. The predicted octanol–water partition coefficient (Wildman–Crippen LogP) is 1.77. The quantitative estimate of drug-likeness (QED) is 0.124. The largest absolute Gasteiger partial charge is 0.462 e. The summed E-state index contributed by atoms with van der Waals surface area (Å²) in [4.78, 5) is 30.8. The van der Waals surface area contributed by atoms with Gasteiger partial charge in [0, 0.05) is 11.6 Å². The Kier molecular flexibility index (Phi) is 9.29. The molecule has 0 bridgehead atoms. The van der Waals surface area contributed by atoms with Gasteiger partial charge in [-0.2, -0.15) is 10.1 Å². The molecule has 3 aromatic rings. The number of nitrogens with one attached hydrogen (secondary N) is 2. The van der Waals surface area contributed by atoms with E-state index in [1.165, 1.54) is 19.1 Å². The van der Waals surface area contributed by atoms with Crippen LogP contribution < -0.4 is 20.9 Å². The summed E-state index contributed by atoms with van der Waals surface area (Å²) in [5.41, 5.74) is 1.90. The number of esters is 1. The van der Waals surface area contributed by atoms with Crippen molar-refractivity contribution in [2.45, 2.75) is 57.0 Å². The Balaban J connectivity index is 1.64. The number of anilines is 1. The molecule has 0 saturated carbocycles. The van der Waals surface area contributed by atoms with Crippen LogP contribution in [0.25, 0.3) is 11.0 Å². The van der Waals surface area contributed by atoms with E-state index in [0.717, 1.165) is 10.8 Å². The number of ether oxygens (including phenoxy) is 2. The summed E-state index contributed by atoms with van der Waals surface area (Å²) in [6.07, 6.45) is -4.71. The van der Waals surface area contributed by atoms with Crippen LogP contribution in [0.15, 0.2) is 41.3 Å². The molecular weight excluding hydrogens is 600 g/mol. The summed E-state index contributed by atoms with van der Waals surface area (Å²) >= 11 is 5.56. The number of benzene rings is 1. The highest BCUT2D eigenvalue weighted by molar-refractivity contribution is 7.52. The number of para-hydroxylation sites is 1. The van der Waals surface area contributed by atoms with Crippen LogP contribution in [-0.2, 0) is 23.4 Å². The Morgan fingerprint density at radius 3 is 2.71 bits per heavy atom. The average molecular weight is 628 g/mol. The summed E-state index contributed by atoms with van der Waals surface area (Å²) in [5, 5.41) is 26.4. The lowest BCUT2D eigenvalue weighted by atomic mass is 9.95. The molecule has 14 nitrogen and oxygen atoms in total. The highest BCUT2D eigenvalue weighted by Crippen LogP contribution is 2.47. The second-order valence-electron chi connectivity index (χ2n) is 9.58. The number of nitrogens with two attached hydrogens (primary N) is 1. The van der Waals surface area contributed by atoms with E-state index in [0.29, 0.717) is 0 Å². The van der Waals surface area contributed by atoms with E-state index >= 15 is 0 Å². The fourth-order valence-corrected chi connectivity index (χ4v) is 5.86. The number of aliphatic hydroxyl groups excluding tert-OH is 1. The van der Waals surface area contributed by atoms with E-state index in [2.05, 4.69) is 21.0 Å². The van der Waals surface area contributed by atoms with Crippen molar-refractivity contribution in [2.24, 2.45) is 0 Å². The molecule has 226 valence electrons. The van der Waals surface area contributed by atoms with Crippen molar-refractivity contribution in [3.63, 3.8) is 0 Å². The van der Waals surface area contributed by atoms with Crippen LogP contribution in [0.1, 0.15) is 27.0 Å². The van der Waals surface area contributed by atoms with Crippen molar-refractivity contribution in [3.8, 4) is 17.0 Å². The van der Waals surface area contributed by atoms with Crippen molar-refractivity contribution in [1.82, 2.24) is 19.6 Å². The lowest BCUT2D eigenvalue weighted by Crippen LogP contribution is -2.46. The van der Waals surface area contributed by atoms with Crippen molar-refractivity contribution in [1.29, 1.82) is 0 Å². The van der Waals surface area contributed by atoms with Gasteiger partial charge in [-0.1, -0.05) is 18.2 Å². The molecule has 6 atom stereocenters. The van der Waals surface area contributed by atoms with Gasteiger partial charge in [0.2, 0.25) is 11.5 Å². The summed E-state index contributed by atoms with van der Waals surface area (Å²) in [6.45, 7) is 3.96. The number of fused-ring (bicyclic) bond motifs is 1. The maximum atomic E-state index is 14.8. The predicted molar refractivity (Wildman–Crippen MR) is 148 cm³/mol. The van der Waals surface area contributed by atoms with Gasteiger partial charge < -0.3 is 29.9 Å². The van der Waals surface area contributed by atoms with Gasteiger partial charge in [0.25, 0.3) is 5.56 Å². The molecule has 0 radical (unpaired) electrons. The minimum Gasteiger partial charge on any atom is -0.462 e. The molecule has 2 unspecified atom stereocenters. The molecule has 1 saturated heterocycles. The monoisotopic (exact) mass is 627 g/mol. The molecule has 0 spiro atoms. The first-order valence-corrected chi connectivity index (χ1v) is 14.4. The highest BCUT2D eigenvalue weighted by Gasteiger charge is 2.57. The zero-order valence-corrected chi connectivity index (χ0v) is 24.1. The Hall–Kier alpha value is -3.48. The number of aromatic amines is 1. The van der Waals surface area contributed by atoms with Crippen LogP contribution in [0.2, 0.25) is 0 Å². The number of aromatic nitrogens is 3. The van der Waals surface area contributed by atoms with Gasteiger partial charge >= 0.3 is 13.7 Å². The molecule has 2 aromatic heterocycles. The van der Waals surface area contributed by atoms with Crippen LogP contribution in [0.3, 0.4) is 0 Å². The van der Waals surface area contributed by atoms with Gasteiger partial charge in [-0.05, 0) is 50.4 Å². The maximum Gasteiger partial charge on any atom is 0.459 e. The summed E-state index contributed by atoms with van der Waals surface area (Å²) in [5.74, 6) is 0.236. The number of carbonyl (C=O) groups excluding carboxylic acids is 1. The zero-order valence-electron chi connectivity index (χ0n) is 22.5. The van der Waals surface area contributed by atoms with E-state index in [1.54, 1.807) is 32.0 Å². The van der Waals surface area contributed by atoms with Crippen molar-refractivity contribution >= 4 is 42.3 Å². The van der Waals surface area contributed by atoms with Gasteiger partial charge in [-0.25, -0.2) is 8.96 Å². The van der Waals surface area contributed by atoms with Crippen LogP contribution in [0.4, 0.5) is 10.3 Å². The molecule has 3 heterocycles. The number of aliphatic hydroxyl groups is 2. The van der Waals surface area contributed by atoms with Crippen molar-refractivity contribution < 1.29 is 42.5 Å². The fourth-order valence-electron chi connectivity index (χ4n) is 4.21. The molecule has 42 heavy (non-hydrogen) atoms. The Labute approximate surface area is 243 Å². The normalized spacial score (nSPS) is 24.1. The van der Waals surface area contributed by atoms with Gasteiger partial charge in [0.15, 0.2) is 17.7 Å². The Morgan fingerprint density at radius 2 is 2.07 bits per heavy atom. The maximum absolute atomic E-state index is 14.8. The van der Waals surface area contributed by atoms with Gasteiger partial charge in [-0.15, -0.1) is 0 Å². The molecule has 1 aliphatic heterocycles. The summed E-state index contributed by atoms with van der Waals surface area (Å²) in [6, 6.07) is 6.75. The van der Waals surface area contributed by atoms with E-state index < -0.39 is 73.3 Å². The molecule has 1 aromatic carbocycles. The minimum absolute atomic E-state index is 0.121. The van der Waals surface area contributed by atoms with Crippen LogP contribution >= 0.6 is 19.3 Å². The third-order valence-electron chi connectivity index (χ3n) is 6.07. The third-order valence-corrected chi connectivity index (χ3v) is 7.81. The lowest BCUT2D eigenvalue weighted by Gasteiger charge is -2.26. The van der Waals surface area contributed by atoms with Gasteiger partial charge in [-0.3, -0.25) is 23.7 Å². The number of halogens is 2. The van der Waals surface area contributed by atoms with Crippen molar-refractivity contribution in [2.75, 3.05) is 12.3 Å². The van der Waals surface area contributed by atoms with Gasteiger partial charge in [0.1, 0.15) is 29.4 Å². The smallest absolute Gasteiger partial charge is 0.459 e. The number of H-pyrrole nitrogens is 1. The van der Waals surface area contributed by atoms with Gasteiger partial charge in [0.05, 0.1) is 12.7 Å². The minimum atomic E-state index is -4.40. The molecule has 6 N–H and O–H groups in total. The Morgan fingerprint density at radius 1 is 1.38 bits per heavy atom. The SMILES string of the molecule is CC(C)OC(=O)[C@H](C)NP(=O)(OC[C@H]1O[C@@H](n2cc(F)c3c(=O)[nH]c(N)nc32)C(O)(C#CCl)[C@H]1O)Oc1ccccc1. The second-order valence-corrected chi connectivity index (χ2v) is 11.5. The van der Waals surface area contributed by atoms with Crippen LogP contribution in [0, 0.1) is 17.1 Å². The first kappa shape index (κ1) is 31.5. The molecule has 0 amide bonds. The molecule has 1 aliphatic rings. The second kappa shape index (κ2) is 12.4. The van der Waals surface area contributed by atoms with E-state index in [-0.39, 0.29) is 17.3 Å². The van der Waals surface area contributed by atoms with E-state index in [4.69, 9.17) is 35.9 Å². The lowest BCUT2D eigenvalue weighted by molar-refractivity contribution is -0.149. The number of nitrogens with zero attached hydrogens (tertiary/aromatic N) is 2. The summed E-state index contributed by atoms with van der Waals surface area (Å²) < 4.78 is 51.6. The highest BCUT2D eigenvalue weighted by atomic mass is 35.5. The number of rotatable bonds is 10. The average Bonchev–Trinajstić information content (AvgIpc) is 3.36. The first-order chi connectivity index (χ1) is 19.8. The fraction of sp³-hybridized carbons (Fsp3) is 0.400. The molecule has 4 rings (SSSR count). The number of hydrogen-bond acceptors (Lipinski definition) is 11. The third kappa shape index (κ3) is 6.45. The Bertz CT molecular complexity index is 1630. The zero-order chi connectivity index (χ0) is 30.8.